The minimum absolute atomic E-state index is 0.140. The highest BCUT2D eigenvalue weighted by Crippen LogP contribution is 2.47. The van der Waals surface area contributed by atoms with Crippen LogP contribution in [0.25, 0.3) is 11.1 Å². The number of esters is 1. The Labute approximate surface area is 184 Å². The summed E-state index contributed by atoms with van der Waals surface area (Å²) in [5.41, 5.74) is 3.38. The predicted molar refractivity (Wildman–Crippen MR) is 115 cm³/mol. The standard InChI is InChI=1S/C24H22N4O4/c1-15-4-2-3-5-18(15)17-12-25-23(26-13-17)27-21(29)16-6-9-24(10-7-16)20-8-11-28(31)14-19(20)22(30)32-24/h2-5,8,11-14,16H,6-7,9-10H2,1H3,(H,25,26,27,29). The van der Waals surface area contributed by atoms with Gasteiger partial charge in [0.05, 0.1) is 0 Å². The van der Waals surface area contributed by atoms with Gasteiger partial charge in [-0.15, -0.1) is 0 Å². The lowest BCUT2D eigenvalue weighted by molar-refractivity contribution is -0.605. The number of aromatic nitrogens is 3. The van der Waals surface area contributed by atoms with Crippen LogP contribution in [0, 0.1) is 18.0 Å². The second-order valence-corrected chi connectivity index (χ2v) is 8.39. The first kappa shape index (κ1) is 20.1. The number of aryl methyl sites for hydroxylation is 1. The minimum Gasteiger partial charge on any atom is -0.619 e. The van der Waals surface area contributed by atoms with E-state index in [1.165, 1.54) is 12.4 Å². The number of fused-ring (bicyclic) bond motifs is 2. The van der Waals surface area contributed by atoms with Gasteiger partial charge in [0.2, 0.25) is 11.9 Å². The van der Waals surface area contributed by atoms with E-state index in [1.54, 1.807) is 18.5 Å². The second kappa shape index (κ2) is 7.71. The van der Waals surface area contributed by atoms with Gasteiger partial charge in [-0.25, -0.2) is 14.8 Å². The Kier molecular flexibility index (Phi) is 4.84. The number of amides is 1. The average Bonchev–Trinajstić information content (AvgIpc) is 3.05. The Bertz CT molecular complexity index is 1200. The van der Waals surface area contributed by atoms with Gasteiger partial charge in [-0.3, -0.25) is 10.1 Å². The normalized spacial score (nSPS) is 21.8. The molecule has 2 aliphatic rings. The second-order valence-electron chi connectivity index (χ2n) is 8.39. The number of anilines is 1. The first-order valence-electron chi connectivity index (χ1n) is 10.6. The van der Waals surface area contributed by atoms with E-state index in [-0.39, 0.29) is 17.8 Å². The van der Waals surface area contributed by atoms with E-state index >= 15 is 0 Å². The molecule has 1 aliphatic carbocycles. The molecule has 0 atom stereocenters. The number of pyridine rings is 1. The monoisotopic (exact) mass is 430 g/mol. The molecule has 8 nitrogen and oxygen atoms in total. The van der Waals surface area contributed by atoms with Crippen molar-refractivity contribution < 1.29 is 19.1 Å². The Balaban J connectivity index is 1.24. The Morgan fingerprint density at radius 1 is 1.16 bits per heavy atom. The van der Waals surface area contributed by atoms with Gasteiger partial charge in [-0.1, -0.05) is 24.3 Å². The van der Waals surface area contributed by atoms with E-state index in [4.69, 9.17) is 4.74 Å². The molecule has 2 aromatic heterocycles. The van der Waals surface area contributed by atoms with Crippen LogP contribution in [0.15, 0.2) is 55.1 Å². The molecule has 1 amide bonds. The summed E-state index contributed by atoms with van der Waals surface area (Å²) in [5.74, 6) is -0.574. The number of carbonyl (C=O) groups is 2. The van der Waals surface area contributed by atoms with E-state index < -0.39 is 11.6 Å². The van der Waals surface area contributed by atoms with Gasteiger partial charge in [-0.05, 0) is 43.7 Å². The largest absolute Gasteiger partial charge is 0.619 e. The molecule has 0 radical (unpaired) electrons. The number of nitrogens with zero attached hydrogens (tertiary/aromatic N) is 3. The zero-order valence-electron chi connectivity index (χ0n) is 17.6. The van der Waals surface area contributed by atoms with Crippen molar-refractivity contribution in [1.82, 2.24) is 9.97 Å². The number of ether oxygens (including phenoxy) is 1. The van der Waals surface area contributed by atoms with Crippen molar-refractivity contribution in [3.63, 3.8) is 0 Å². The Morgan fingerprint density at radius 3 is 2.59 bits per heavy atom. The number of hydrogen-bond acceptors (Lipinski definition) is 6. The molecule has 1 aromatic carbocycles. The number of nitrogens with one attached hydrogen (secondary N) is 1. The molecule has 8 heteroatoms. The minimum atomic E-state index is -0.747. The summed E-state index contributed by atoms with van der Waals surface area (Å²) < 4.78 is 6.28. The highest BCUT2D eigenvalue weighted by molar-refractivity contribution is 5.94. The highest BCUT2D eigenvalue weighted by atomic mass is 16.6. The van der Waals surface area contributed by atoms with Gasteiger partial charge in [0.1, 0.15) is 11.2 Å². The lowest BCUT2D eigenvalue weighted by Gasteiger charge is -2.35. The third kappa shape index (κ3) is 3.47. The SMILES string of the molecule is Cc1ccccc1-c1cnc(NC(=O)C2CCC3(CC2)OC(=O)c2c[n+]([O-])ccc23)nc1. The summed E-state index contributed by atoms with van der Waals surface area (Å²) >= 11 is 0. The molecule has 1 N–H and O–H groups in total. The van der Waals surface area contributed by atoms with Crippen molar-refractivity contribution in [2.24, 2.45) is 5.92 Å². The van der Waals surface area contributed by atoms with Crippen LogP contribution >= 0.6 is 0 Å². The molecule has 1 fully saturated rings. The predicted octanol–water partition coefficient (Wildman–Crippen LogP) is 3.28. The van der Waals surface area contributed by atoms with E-state index in [1.807, 2.05) is 31.2 Å². The maximum absolute atomic E-state index is 12.8. The molecule has 5 rings (SSSR count). The summed E-state index contributed by atoms with van der Waals surface area (Å²) in [6.45, 7) is 2.03. The maximum Gasteiger partial charge on any atom is 0.345 e. The first-order chi connectivity index (χ1) is 15.4. The number of hydrogen-bond donors (Lipinski definition) is 1. The molecule has 1 spiro atoms. The van der Waals surface area contributed by atoms with Crippen LogP contribution in [0.5, 0.6) is 0 Å². The van der Waals surface area contributed by atoms with Crippen LogP contribution in [0.4, 0.5) is 5.95 Å². The zero-order valence-corrected chi connectivity index (χ0v) is 17.6. The lowest BCUT2D eigenvalue weighted by atomic mass is 9.75. The topological polar surface area (TPSA) is 108 Å². The maximum atomic E-state index is 12.8. The third-order valence-corrected chi connectivity index (χ3v) is 6.44. The molecule has 1 aliphatic heterocycles. The van der Waals surface area contributed by atoms with Crippen molar-refractivity contribution in [1.29, 1.82) is 0 Å². The van der Waals surface area contributed by atoms with E-state index in [2.05, 4.69) is 15.3 Å². The fraction of sp³-hybridized carbons (Fsp3) is 0.292. The van der Waals surface area contributed by atoms with Crippen LogP contribution in [0.1, 0.15) is 47.2 Å². The highest BCUT2D eigenvalue weighted by Gasteiger charge is 2.49. The molecule has 1 saturated carbocycles. The van der Waals surface area contributed by atoms with Crippen LogP contribution < -0.4 is 10.0 Å². The third-order valence-electron chi connectivity index (χ3n) is 6.44. The smallest absolute Gasteiger partial charge is 0.345 e. The van der Waals surface area contributed by atoms with Gasteiger partial charge in [0, 0.05) is 35.5 Å². The van der Waals surface area contributed by atoms with Crippen LogP contribution in [-0.4, -0.2) is 21.8 Å². The van der Waals surface area contributed by atoms with Crippen LogP contribution in [-0.2, 0) is 15.1 Å². The quantitative estimate of drug-likeness (QED) is 0.388. The molecule has 162 valence electrons. The molecule has 0 saturated heterocycles. The van der Waals surface area contributed by atoms with Crippen molar-refractivity contribution in [2.45, 2.75) is 38.2 Å². The summed E-state index contributed by atoms with van der Waals surface area (Å²) in [6, 6.07) is 9.63. The molecule has 0 bridgehead atoms. The average molecular weight is 430 g/mol. The molecule has 32 heavy (non-hydrogen) atoms. The van der Waals surface area contributed by atoms with E-state index in [9.17, 15) is 14.8 Å². The summed E-state index contributed by atoms with van der Waals surface area (Å²) in [5, 5.41) is 14.3. The van der Waals surface area contributed by atoms with Gasteiger partial charge in [0.25, 0.3) is 0 Å². The van der Waals surface area contributed by atoms with Gasteiger partial charge in [-0.2, -0.15) is 4.73 Å². The Morgan fingerprint density at radius 2 is 1.88 bits per heavy atom. The van der Waals surface area contributed by atoms with Crippen molar-refractivity contribution in [3.05, 3.63) is 77.0 Å². The molecule has 0 unspecified atom stereocenters. The van der Waals surface area contributed by atoms with E-state index in [0.29, 0.717) is 36.0 Å². The number of rotatable bonds is 3. The van der Waals surface area contributed by atoms with Gasteiger partial charge >= 0.3 is 5.97 Å². The van der Waals surface area contributed by atoms with Crippen molar-refractivity contribution in [3.8, 4) is 11.1 Å². The fourth-order valence-electron chi connectivity index (χ4n) is 4.68. The van der Waals surface area contributed by atoms with Crippen LogP contribution in [0.2, 0.25) is 0 Å². The fourth-order valence-corrected chi connectivity index (χ4v) is 4.68. The van der Waals surface area contributed by atoms with Crippen molar-refractivity contribution in [2.75, 3.05) is 5.32 Å². The van der Waals surface area contributed by atoms with Crippen molar-refractivity contribution >= 4 is 17.8 Å². The van der Waals surface area contributed by atoms with E-state index in [0.717, 1.165) is 22.3 Å². The first-order valence-corrected chi connectivity index (χ1v) is 10.6. The number of carbonyl (C=O) groups excluding carboxylic acids is 2. The summed E-state index contributed by atoms with van der Waals surface area (Å²) in [4.78, 5) is 33.6. The van der Waals surface area contributed by atoms with Gasteiger partial charge in [0.15, 0.2) is 12.4 Å². The van der Waals surface area contributed by atoms with Gasteiger partial charge < -0.3 is 9.94 Å². The zero-order chi connectivity index (χ0) is 22.3. The lowest BCUT2D eigenvalue weighted by Crippen LogP contribution is -2.36. The summed E-state index contributed by atoms with van der Waals surface area (Å²) in [6.07, 6.45) is 8.22. The summed E-state index contributed by atoms with van der Waals surface area (Å²) in [7, 11) is 0. The Hall–Kier alpha value is -3.81. The molecular weight excluding hydrogens is 408 g/mol. The molecule has 3 aromatic rings. The number of benzene rings is 1. The molecule has 3 heterocycles. The molecular formula is C24H22N4O4. The van der Waals surface area contributed by atoms with Crippen LogP contribution in [0.3, 0.4) is 0 Å².